The molecule has 134 valence electrons. The van der Waals surface area contributed by atoms with Gasteiger partial charge in [0.05, 0.1) is 12.2 Å². The Bertz CT molecular complexity index is 836. The van der Waals surface area contributed by atoms with Crippen molar-refractivity contribution in [1.82, 2.24) is 14.8 Å². The van der Waals surface area contributed by atoms with Gasteiger partial charge in [-0.25, -0.2) is 4.39 Å². The van der Waals surface area contributed by atoms with Gasteiger partial charge in [-0.1, -0.05) is 30.3 Å². The third-order valence-corrected chi connectivity index (χ3v) is 5.22. The standard InChI is InChI=1S/C20H20FN3O2/c21-17-11-15(14-5-2-1-3-6-14)12-22-18(17)13-23-9-10-24(16-7-4-8-16)20(26)19(23)25/h1-3,5-6,11-12,16H,4,7-10,13H2. The van der Waals surface area contributed by atoms with E-state index in [1.807, 2.05) is 30.3 Å². The van der Waals surface area contributed by atoms with Crippen molar-refractivity contribution in [3.05, 3.63) is 54.1 Å². The summed E-state index contributed by atoms with van der Waals surface area (Å²) >= 11 is 0. The van der Waals surface area contributed by atoms with E-state index in [0.29, 0.717) is 18.7 Å². The summed E-state index contributed by atoms with van der Waals surface area (Å²) in [6.07, 6.45) is 4.65. The topological polar surface area (TPSA) is 53.5 Å². The van der Waals surface area contributed by atoms with Crippen molar-refractivity contribution in [2.45, 2.75) is 31.8 Å². The Hall–Kier alpha value is -2.76. The molecule has 2 aliphatic rings. The Labute approximate surface area is 151 Å². The highest BCUT2D eigenvalue weighted by molar-refractivity contribution is 6.35. The lowest BCUT2D eigenvalue weighted by molar-refractivity contribution is -0.159. The average molecular weight is 353 g/mol. The van der Waals surface area contributed by atoms with Gasteiger partial charge >= 0.3 is 11.8 Å². The molecule has 0 bridgehead atoms. The summed E-state index contributed by atoms with van der Waals surface area (Å²) in [6.45, 7) is 0.950. The van der Waals surface area contributed by atoms with Gasteiger partial charge in [-0.2, -0.15) is 0 Å². The number of pyridine rings is 1. The number of halogens is 1. The molecular formula is C20H20FN3O2. The Kier molecular flexibility index (Phi) is 4.41. The third-order valence-electron chi connectivity index (χ3n) is 5.22. The van der Waals surface area contributed by atoms with Crippen LogP contribution in [-0.2, 0) is 16.1 Å². The molecule has 6 heteroatoms. The second-order valence-corrected chi connectivity index (χ2v) is 6.83. The molecule has 5 nitrogen and oxygen atoms in total. The fraction of sp³-hybridized carbons (Fsp3) is 0.350. The van der Waals surface area contributed by atoms with Gasteiger partial charge in [0.2, 0.25) is 0 Å². The molecule has 2 fully saturated rings. The summed E-state index contributed by atoms with van der Waals surface area (Å²) < 4.78 is 14.5. The summed E-state index contributed by atoms with van der Waals surface area (Å²) in [5.41, 5.74) is 1.75. The van der Waals surface area contributed by atoms with E-state index in [2.05, 4.69) is 4.98 Å². The number of aromatic nitrogens is 1. The molecule has 1 aromatic heterocycles. The first-order valence-corrected chi connectivity index (χ1v) is 8.93. The number of piperazine rings is 1. The predicted molar refractivity (Wildman–Crippen MR) is 94.4 cm³/mol. The number of hydrogen-bond acceptors (Lipinski definition) is 3. The van der Waals surface area contributed by atoms with Gasteiger partial charge in [0.15, 0.2) is 0 Å². The van der Waals surface area contributed by atoms with Gasteiger partial charge in [0.25, 0.3) is 0 Å². The van der Waals surface area contributed by atoms with Crippen LogP contribution in [0.25, 0.3) is 11.1 Å². The van der Waals surface area contributed by atoms with Crippen molar-refractivity contribution in [2.24, 2.45) is 0 Å². The first-order chi connectivity index (χ1) is 12.6. The smallest absolute Gasteiger partial charge is 0.312 e. The summed E-state index contributed by atoms with van der Waals surface area (Å²) in [5.74, 6) is -1.49. The molecule has 2 aromatic rings. The van der Waals surface area contributed by atoms with E-state index < -0.39 is 17.6 Å². The summed E-state index contributed by atoms with van der Waals surface area (Å²) in [5, 5.41) is 0. The van der Waals surface area contributed by atoms with Crippen molar-refractivity contribution in [1.29, 1.82) is 0 Å². The molecule has 4 rings (SSSR count). The minimum atomic E-state index is -0.559. The molecule has 2 amide bonds. The van der Waals surface area contributed by atoms with E-state index in [9.17, 15) is 14.0 Å². The predicted octanol–water partition coefficient (Wildman–Crippen LogP) is 2.61. The third kappa shape index (κ3) is 3.07. The zero-order chi connectivity index (χ0) is 18.1. The van der Waals surface area contributed by atoms with E-state index in [4.69, 9.17) is 0 Å². The van der Waals surface area contributed by atoms with Crippen LogP contribution >= 0.6 is 0 Å². The van der Waals surface area contributed by atoms with Crippen LogP contribution in [0.4, 0.5) is 4.39 Å². The number of nitrogens with zero attached hydrogens (tertiary/aromatic N) is 3. The van der Waals surface area contributed by atoms with Crippen molar-refractivity contribution >= 4 is 11.8 Å². The second kappa shape index (κ2) is 6.86. The number of benzene rings is 1. The first kappa shape index (κ1) is 16.7. The van der Waals surface area contributed by atoms with E-state index in [1.54, 1.807) is 11.1 Å². The molecule has 1 aromatic carbocycles. The maximum Gasteiger partial charge on any atom is 0.312 e. The van der Waals surface area contributed by atoms with Gasteiger partial charge in [0, 0.05) is 30.9 Å². The molecule has 1 aliphatic heterocycles. The SMILES string of the molecule is O=C1C(=O)N(C2CCC2)CCN1Cc1ncc(-c2ccccc2)cc1F. The number of carbonyl (C=O) groups is 2. The minimum absolute atomic E-state index is 0.0178. The lowest BCUT2D eigenvalue weighted by Crippen LogP contribution is -2.58. The average Bonchev–Trinajstić information content (AvgIpc) is 2.62. The highest BCUT2D eigenvalue weighted by Gasteiger charge is 2.38. The Morgan fingerprint density at radius 2 is 1.81 bits per heavy atom. The van der Waals surface area contributed by atoms with Crippen LogP contribution in [-0.4, -0.2) is 45.7 Å². The summed E-state index contributed by atoms with van der Waals surface area (Å²) in [7, 11) is 0. The first-order valence-electron chi connectivity index (χ1n) is 8.93. The zero-order valence-electron chi connectivity index (χ0n) is 14.4. The number of rotatable bonds is 4. The van der Waals surface area contributed by atoms with E-state index >= 15 is 0 Å². The van der Waals surface area contributed by atoms with E-state index in [0.717, 1.165) is 24.8 Å². The molecule has 0 radical (unpaired) electrons. The zero-order valence-corrected chi connectivity index (χ0v) is 14.4. The fourth-order valence-corrected chi connectivity index (χ4v) is 3.44. The van der Waals surface area contributed by atoms with Crippen LogP contribution in [0.15, 0.2) is 42.6 Å². The molecule has 1 saturated carbocycles. The van der Waals surface area contributed by atoms with Crippen LogP contribution in [0.1, 0.15) is 25.0 Å². The highest BCUT2D eigenvalue weighted by atomic mass is 19.1. The molecule has 0 unspecified atom stereocenters. The van der Waals surface area contributed by atoms with Crippen molar-refractivity contribution in [2.75, 3.05) is 13.1 Å². The van der Waals surface area contributed by atoms with Gasteiger partial charge in [-0.3, -0.25) is 14.6 Å². The van der Waals surface area contributed by atoms with Crippen LogP contribution < -0.4 is 0 Å². The Morgan fingerprint density at radius 3 is 2.46 bits per heavy atom. The van der Waals surface area contributed by atoms with Gasteiger partial charge in [0.1, 0.15) is 5.82 Å². The van der Waals surface area contributed by atoms with Crippen LogP contribution in [0, 0.1) is 5.82 Å². The number of carbonyl (C=O) groups excluding carboxylic acids is 2. The Morgan fingerprint density at radius 1 is 1.04 bits per heavy atom. The lowest BCUT2D eigenvalue weighted by Gasteiger charge is -2.42. The Balaban J connectivity index is 1.47. The number of amides is 2. The van der Waals surface area contributed by atoms with Crippen molar-refractivity contribution < 1.29 is 14.0 Å². The van der Waals surface area contributed by atoms with Gasteiger partial charge < -0.3 is 9.80 Å². The van der Waals surface area contributed by atoms with Gasteiger partial charge in [-0.05, 0) is 30.9 Å². The molecular weight excluding hydrogens is 333 g/mol. The molecule has 2 heterocycles. The largest absolute Gasteiger partial charge is 0.330 e. The van der Waals surface area contributed by atoms with Crippen molar-refractivity contribution in [3.63, 3.8) is 0 Å². The van der Waals surface area contributed by atoms with Crippen LogP contribution in [0.5, 0.6) is 0 Å². The monoisotopic (exact) mass is 353 g/mol. The lowest BCUT2D eigenvalue weighted by atomic mass is 9.91. The number of hydrogen-bond donors (Lipinski definition) is 0. The van der Waals surface area contributed by atoms with Crippen LogP contribution in [0.2, 0.25) is 0 Å². The molecule has 0 spiro atoms. The minimum Gasteiger partial charge on any atom is -0.330 e. The fourth-order valence-electron chi connectivity index (χ4n) is 3.44. The maximum atomic E-state index is 14.5. The van der Waals surface area contributed by atoms with E-state index in [1.165, 1.54) is 11.0 Å². The van der Waals surface area contributed by atoms with Crippen molar-refractivity contribution in [3.8, 4) is 11.1 Å². The van der Waals surface area contributed by atoms with E-state index in [-0.39, 0.29) is 18.3 Å². The normalized spacial score (nSPS) is 18.2. The maximum absolute atomic E-state index is 14.5. The van der Waals surface area contributed by atoms with Gasteiger partial charge in [-0.15, -0.1) is 0 Å². The highest BCUT2D eigenvalue weighted by Crippen LogP contribution is 2.27. The molecule has 0 N–H and O–H groups in total. The molecule has 1 aliphatic carbocycles. The summed E-state index contributed by atoms with van der Waals surface area (Å²) in [4.78, 5) is 31.9. The van der Waals surface area contributed by atoms with Crippen LogP contribution in [0.3, 0.4) is 0 Å². The second-order valence-electron chi connectivity index (χ2n) is 6.83. The molecule has 1 saturated heterocycles. The molecule has 26 heavy (non-hydrogen) atoms. The summed E-state index contributed by atoms with van der Waals surface area (Å²) in [6, 6.07) is 11.1. The molecule has 0 atom stereocenters. The quantitative estimate of drug-likeness (QED) is 0.794.